The van der Waals surface area contributed by atoms with Crippen LogP contribution in [0.1, 0.15) is 64.7 Å². The summed E-state index contributed by atoms with van der Waals surface area (Å²) in [5, 5.41) is 9.78. The van der Waals surface area contributed by atoms with Crippen LogP contribution in [-0.4, -0.2) is 53.6 Å². The van der Waals surface area contributed by atoms with Crippen LogP contribution in [0.2, 0.25) is 0 Å². The maximum Gasteiger partial charge on any atom is 0.305 e. The minimum atomic E-state index is -3.31. The van der Waals surface area contributed by atoms with Gasteiger partial charge in [-0.15, -0.1) is 5.92 Å². The predicted molar refractivity (Wildman–Crippen MR) is 103 cm³/mol. The van der Waals surface area contributed by atoms with E-state index in [9.17, 15) is 23.5 Å². The van der Waals surface area contributed by atoms with E-state index in [1.165, 1.54) is 13.2 Å². The van der Waals surface area contributed by atoms with Crippen molar-refractivity contribution in [3.8, 4) is 11.8 Å². The number of ether oxygens (including phenoxy) is 1. The fraction of sp³-hybridized carbons (Fsp3) is 0.714. The van der Waals surface area contributed by atoms with Crippen molar-refractivity contribution < 1.29 is 28.2 Å². The van der Waals surface area contributed by atoms with Gasteiger partial charge in [-0.25, -0.2) is 8.78 Å². The lowest BCUT2D eigenvalue weighted by atomic mass is 10.1. The Labute approximate surface area is 166 Å². The molecule has 0 spiro atoms. The molecule has 0 aliphatic carbocycles. The SMILES string of the molecule is CCC#CCC(F)(F)C(O)/C=C/C1CCC(=O)N1CCCCCCC(=O)OC. The standard InChI is InChI=1S/C21H31F2NO4/c1-3-4-8-15-21(22,23)18(25)13-11-17-12-14-19(26)24(17)16-9-6-5-7-10-20(27)28-2/h11,13,17-18,25H,3,5-7,9-10,12,14-16H2,1-2H3/b13-11+. The van der Waals surface area contributed by atoms with E-state index in [-0.39, 0.29) is 17.9 Å². The number of aliphatic hydroxyl groups excluding tert-OH is 1. The summed E-state index contributed by atoms with van der Waals surface area (Å²) < 4.78 is 32.3. The Morgan fingerprint density at radius 3 is 2.75 bits per heavy atom. The number of carbonyl (C=O) groups is 2. The van der Waals surface area contributed by atoms with Crippen molar-refractivity contribution in [3.05, 3.63) is 12.2 Å². The summed E-state index contributed by atoms with van der Waals surface area (Å²) in [7, 11) is 1.36. The zero-order valence-corrected chi connectivity index (χ0v) is 16.8. The predicted octanol–water partition coefficient (Wildman–Crippen LogP) is 3.46. The summed E-state index contributed by atoms with van der Waals surface area (Å²) in [4.78, 5) is 24.8. The number of halogens is 2. The molecule has 158 valence electrons. The Morgan fingerprint density at radius 2 is 2.07 bits per heavy atom. The third-order valence-corrected chi connectivity index (χ3v) is 4.71. The Kier molecular flexibility index (Phi) is 10.8. The third kappa shape index (κ3) is 8.39. The van der Waals surface area contributed by atoms with Crippen molar-refractivity contribution >= 4 is 11.9 Å². The van der Waals surface area contributed by atoms with E-state index in [0.29, 0.717) is 32.2 Å². The van der Waals surface area contributed by atoms with Gasteiger partial charge < -0.3 is 14.7 Å². The molecule has 28 heavy (non-hydrogen) atoms. The quantitative estimate of drug-likeness (QED) is 0.250. The van der Waals surface area contributed by atoms with Gasteiger partial charge in [0.25, 0.3) is 5.92 Å². The normalized spacial score (nSPS) is 18.2. The summed E-state index contributed by atoms with van der Waals surface area (Å²) in [6.07, 6.45) is 5.05. The second-order valence-electron chi connectivity index (χ2n) is 6.91. The van der Waals surface area contributed by atoms with Gasteiger partial charge in [-0.3, -0.25) is 9.59 Å². The number of hydrogen-bond acceptors (Lipinski definition) is 4. The zero-order valence-electron chi connectivity index (χ0n) is 16.8. The fourth-order valence-electron chi connectivity index (χ4n) is 3.04. The lowest BCUT2D eigenvalue weighted by Gasteiger charge is -2.23. The fourth-order valence-corrected chi connectivity index (χ4v) is 3.04. The Morgan fingerprint density at radius 1 is 1.36 bits per heavy atom. The van der Waals surface area contributed by atoms with Gasteiger partial charge in [0.05, 0.1) is 19.6 Å². The Hall–Kier alpha value is -1.94. The average molecular weight is 399 g/mol. The first-order valence-electron chi connectivity index (χ1n) is 9.88. The topological polar surface area (TPSA) is 66.8 Å². The van der Waals surface area contributed by atoms with Gasteiger partial charge in [0.2, 0.25) is 5.91 Å². The van der Waals surface area contributed by atoms with Crippen LogP contribution >= 0.6 is 0 Å². The largest absolute Gasteiger partial charge is 0.469 e. The van der Waals surface area contributed by atoms with Crippen LogP contribution < -0.4 is 0 Å². The van der Waals surface area contributed by atoms with E-state index in [2.05, 4.69) is 16.6 Å². The van der Waals surface area contributed by atoms with Gasteiger partial charge in [0.15, 0.2) is 0 Å². The van der Waals surface area contributed by atoms with Gasteiger partial charge in [-0.05, 0) is 19.3 Å². The van der Waals surface area contributed by atoms with E-state index < -0.39 is 18.4 Å². The maximum atomic E-state index is 13.9. The van der Waals surface area contributed by atoms with Gasteiger partial charge in [-0.1, -0.05) is 37.8 Å². The lowest BCUT2D eigenvalue weighted by molar-refractivity contribution is -0.140. The monoisotopic (exact) mass is 399 g/mol. The number of esters is 1. The highest BCUT2D eigenvalue weighted by Crippen LogP contribution is 2.26. The van der Waals surface area contributed by atoms with Crippen LogP contribution in [0.15, 0.2) is 12.2 Å². The molecule has 7 heteroatoms. The van der Waals surface area contributed by atoms with E-state index in [1.54, 1.807) is 11.8 Å². The smallest absolute Gasteiger partial charge is 0.305 e. The molecule has 0 bridgehead atoms. The van der Waals surface area contributed by atoms with Crippen molar-refractivity contribution in [2.75, 3.05) is 13.7 Å². The van der Waals surface area contributed by atoms with Crippen LogP contribution in [0.4, 0.5) is 8.78 Å². The average Bonchev–Trinajstić information content (AvgIpc) is 3.02. The number of nitrogens with zero attached hydrogens (tertiary/aromatic N) is 1. The second kappa shape index (κ2) is 12.5. The zero-order chi connectivity index (χ0) is 21.0. The van der Waals surface area contributed by atoms with Gasteiger partial charge in [-0.2, -0.15) is 0 Å². The van der Waals surface area contributed by atoms with Gasteiger partial charge in [0.1, 0.15) is 6.10 Å². The number of unbranched alkanes of at least 4 members (excludes halogenated alkanes) is 3. The molecule has 1 saturated heterocycles. The molecule has 1 heterocycles. The number of rotatable bonds is 11. The number of alkyl halides is 2. The van der Waals surface area contributed by atoms with Crippen molar-refractivity contribution in [2.45, 2.75) is 82.8 Å². The highest BCUT2D eigenvalue weighted by Gasteiger charge is 2.36. The summed E-state index contributed by atoms with van der Waals surface area (Å²) in [5.74, 6) is 1.40. The number of amides is 1. The molecule has 0 aromatic rings. The first kappa shape index (κ1) is 24.1. The second-order valence-corrected chi connectivity index (χ2v) is 6.91. The molecule has 0 radical (unpaired) electrons. The van der Waals surface area contributed by atoms with E-state index in [4.69, 9.17) is 0 Å². The first-order valence-corrected chi connectivity index (χ1v) is 9.88. The van der Waals surface area contributed by atoms with Gasteiger partial charge >= 0.3 is 5.97 Å². The number of carbonyl (C=O) groups excluding carboxylic acids is 2. The number of aliphatic hydroxyl groups is 1. The molecule has 0 aromatic heterocycles. The van der Waals surface area contributed by atoms with E-state index >= 15 is 0 Å². The molecule has 5 nitrogen and oxygen atoms in total. The summed E-state index contributed by atoms with van der Waals surface area (Å²) in [5.41, 5.74) is 0. The number of hydrogen-bond donors (Lipinski definition) is 1. The number of methoxy groups -OCH3 is 1. The first-order chi connectivity index (χ1) is 13.3. The van der Waals surface area contributed by atoms with Crippen LogP contribution in [0.5, 0.6) is 0 Å². The Bertz CT molecular complexity index is 595. The number of likely N-dealkylation sites (tertiary alicyclic amines) is 1. The molecular formula is C21H31F2NO4. The Balaban J connectivity index is 2.45. The summed E-state index contributed by atoms with van der Waals surface area (Å²) >= 11 is 0. The van der Waals surface area contributed by atoms with Gasteiger partial charge in [0, 0.05) is 25.8 Å². The molecule has 1 rings (SSSR count). The third-order valence-electron chi connectivity index (χ3n) is 4.71. The van der Waals surface area contributed by atoms with E-state index in [0.717, 1.165) is 31.8 Å². The van der Waals surface area contributed by atoms with Crippen molar-refractivity contribution in [2.24, 2.45) is 0 Å². The van der Waals surface area contributed by atoms with Crippen LogP contribution in [0.3, 0.4) is 0 Å². The minimum absolute atomic E-state index is 0.000673. The molecule has 0 saturated carbocycles. The van der Waals surface area contributed by atoms with Crippen molar-refractivity contribution in [1.29, 1.82) is 0 Å². The van der Waals surface area contributed by atoms with E-state index in [1.807, 2.05) is 0 Å². The molecule has 1 aliphatic heterocycles. The van der Waals surface area contributed by atoms with Crippen molar-refractivity contribution in [3.63, 3.8) is 0 Å². The molecule has 2 atom stereocenters. The molecule has 1 amide bonds. The molecule has 0 aromatic carbocycles. The lowest BCUT2D eigenvalue weighted by Crippen LogP contribution is -2.34. The summed E-state index contributed by atoms with van der Waals surface area (Å²) in [6, 6.07) is -0.269. The molecule has 1 aliphatic rings. The maximum absolute atomic E-state index is 13.9. The molecule has 1 fully saturated rings. The summed E-state index contributed by atoms with van der Waals surface area (Å²) in [6.45, 7) is 2.31. The van der Waals surface area contributed by atoms with Crippen LogP contribution in [-0.2, 0) is 14.3 Å². The molecular weight excluding hydrogens is 368 g/mol. The highest BCUT2D eigenvalue weighted by molar-refractivity contribution is 5.79. The minimum Gasteiger partial charge on any atom is -0.469 e. The van der Waals surface area contributed by atoms with Crippen LogP contribution in [0.25, 0.3) is 0 Å². The molecule has 2 unspecified atom stereocenters. The van der Waals surface area contributed by atoms with Crippen molar-refractivity contribution in [1.82, 2.24) is 4.90 Å². The molecule has 1 N–H and O–H groups in total. The highest BCUT2D eigenvalue weighted by atomic mass is 19.3. The van der Waals surface area contributed by atoms with Crippen LogP contribution in [0, 0.1) is 11.8 Å².